The van der Waals surface area contributed by atoms with Gasteiger partial charge in [0, 0.05) is 18.9 Å². The maximum Gasteiger partial charge on any atom is 0.226 e. The zero-order valence-corrected chi connectivity index (χ0v) is 9.61. The van der Waals surface area contributed by atoms with Crippen molar-refractivity contribution in [1.29, 1.82) is 0 Å². The molecule has 0 spiro atoms. The quantitative estimate of drug-likeness (QED) is 0.767. The van der Waals surface area contributed by atoms with Gasteiger partial charge in [-0.25, -0.2) is 0 Å². The lowest BCUT2D eigenvalue weighted by atomic mass is 10.0. The first-order valence-corrected chi connectivity index (χ1v) is 6.13. The first-order chi connectivity index (χ1) is 7.88. The Labute approximate surface area is 95.8 Å². The van der Waals surface area contributed by atoms with E-state index in [2.05, 4.69) is 15.5 Å². The summed E-state index contributed by atoms with van der Waals surface area (Å²) >= 11 is 0. The molecule has 1 atom stereocenters. The lowest BCUT2D eigenvalue weighted by Crippen LogP contribution is -2.35. The molecule has 0 aromatic carbocycles. The van der Waals surface area contributed by atoms with E-state index in [1.54, 1.807) is 0 Å². The number of hydrogen-bond donors (Lipinski definition) is 2. The lowest BCUT2D eigenvalue weighted by Gasteiger charge is -2.21. The van der Waals surface area contributed by atoms with E-state index < -0.39 is 0 Å². The van der Waals surface area contributed by atoms with Gasteiger partial charge in [0.2, 0.25) is 5.89 Å². The molecule has 0 amide bonds. The van der Waals surface area contributed by atoms with Crippen LogP contribution in [0.3, 0.4) is 0 Å². The summed E-state index contributed by atoms with van der Waals surface area (Å²) in [6.45, 7) is 1.78. The van der Waals surface area contributed by atoms with Crippen molar-refractivity contribution in [3.8, 4) is 0 Å². The Bertz CT molecular complexity index is 307. The molecule has 2 rings (SSSR count). The van der Waals surface area contributed by atoms with Crippen molar-refractivity contribution in [2.24, 2.45) is 5.73 Å². The largest absolute Gasteiger partial charge is 0.339 e. The zero-order chi connectivity index (χ0) is 11.2. The van der Waals surface area contributed by atoms with Crippen molar-refractivity contribution < 1.29 is 4.52 Å². The highest BCUT2D eigenvalue weighted by Crippen LogP contribution is 2.11. The molecule has 1 aromatic heterocycles. The Morgan fingerprint density at radius 1 is 1.44 bits per heavy atom. The van der Waals surface area contributed by atoms with Crippen molar-refractivity contribution in [2.75, 3.05) is 13.1 Å². The van der Waals surface area contributed by atoms with E-state index in [0.29, 0.717) is 12.6 Å². The average Bonchev–Trinajstić information content (AvgIpc) is 2.75. The number of hydrogen-bond acceptors (Lipinski definition) is 5. The van der Waals surface area contributed by atoms with Gasteiger partial charge in [-0.15, -0.1) is 0 Å². The monoisotopic (exact) mass is 224 g/mol. The van der Waals surface area contributed by atoms with Crippen LogP contribution in [0.25, 0.3) is 0 Å². The summed E-state index contributed by atoms with van der Waals surface area (Å²) in [5.41, 5.74) is 5.43. The Hall–Kier alpha value is -0.940. The molecule has 90 valence electrons. The number of piperidine rings is 1. The molecule has 0 radical (unpaired) electrons. The van der Waals surface area contributed by atoms with E-state index in [-0.39, 0.29) is 0 Å². The van der Waals surface area contributed by atoms with E-state index >= 15 is 0 Å². The molecule has 1 aliphatic rings. The average molecular weight is 224 g/mol. The lowest BCUT2D eigenvalue weighted by molar-refractivity contribution is 0.359. The molecule has 1 aliphatic heterocycles. The maximum atomic E-state index is 5.43. The summed E-state index contributed by atoms with van der Waals surface area (Å²) in [5, 5.41) is 7.47. The summed E-state index contributed by atoms with van der Waals surface area (Å²) in [6.07, 6.45) is 6.38. The van der Waals surface area contributed by atoms with Crippen molar-refractivity contribution in [3.05, 3.63) is 11.7 Å². The molecule has 0 aliphatic carbocycles. The van der Waals surface area contributed by atoms with Crippen LogP contribution in [0.15, 0.2) is 4.52 Å². The molecule has 1 fully saturated rings. The molecule has 1 aromatic rings. The van der Waals surface area contributed by atoms with Gasteiger partial charge in [-0.1, -0.05) is 11.6 Å². The van der Waals surface area contributed by atoms with E-state index in [9.17, 15) is 0 Å². The molecule has 1 unspecified atom stereocenters. The minimum absolute atomic E-state index is 0.522. The van der Waals surface area contributed by atoms with Gasteiger partial charge < -0.3 is 15.6 Å². The Morgan fingerprint density at radius 2 is 2.38 bits per heavy atom. The molecule has 0 saturated carbocycles. The van der Waals surface area contributed by atoms with Crippen LogP contribution in [0.2, 0.25) is 0 Å². The van der Waals surface area contributed by atoms with E-state index in [1.807, 2.05) is 0 Å². The van der Waals surface area contributed by atoms with Gasteiger partial charge in [0.05, 0.1) is 0 Å². The van der Waals surface area contributed by atoms with Crippen LogP contribution in [-0.2, 0) is 12.8 Å². The Kier molecular flexibility index (Phi) is 4.30. The van der Waals surface area contributed by atoms with Crippen LogP contribution in [0.1, 0.15) is 37.4 Å². The first kappa shape index (κ1) is 11.5. The van der Waals surface area contributed by atoms with Gasteiger partial charge in [0.1, 0.15) is 0 Å². The predicted molar refractivity (Wildman–Crippen MR) is 61.0 cm³/mol. The standard InChI is InChI=1S/C11H20N4O/c12-6-3-5-11-14-10(15-16-11)8-9-4-1-2-7-13-9/h9,13H,1-8,12H2. The topological polar surface area (TPSA) is 77.0 Å². The molecular formula is C11H20N4O. The minimum atomic E-state index is 0.522. The second kappa shape index (κ2) is 5.96. The highest BCUT2D eigenvalue weighted by molar-refractivity contribution is 4.91. The summed E-state index contributed by atoms with van der Waals surface area (Å²) < 4.78 is 5.16. The number of nitrogens with zero attached hydrogens (tertiary/aromatic N) is 2. The fourth-order valence-corrected chi connectivity index (χ4v) is 2.05. The summed E-state index contributed by atoms with van der Waals surface area (Å²) in [7, 11) is 0. The molecular weight excluding hydrogens is 204 g/mol. The van der Waals surface area contributed by atoms with E-state index in [4.69, 9.17) is 10.3 Å². The predicted octanol–water partition coefficient (Wildman–Crippen LogP) is 0.645. The van der Waals surface area contributed by atoms with Gasteiger partial charge in [0.25, 0.3) is 0 Å². The Morgan fingerprint density at radius 3 is 3.12 bits per heavy atom. The van der Waals surface area contributed by atoms with Gasteiger partial charge in [-0.3, -0.25) is 0 Å². The highest BCUT2D eigenvalue weighted by atomic mass is 16.5. The summed E-state index contributed by atoms with van der Waals surface area (Å²) in [4.78, 5) is 4.37. The third-order valence-corrected chi connectivity index (χ3v) is 2.95. The molecule has 5 nitrogen and oxygen atoms in total. The number of nitrogens with two attached hydrogens (primary N) is 1. The third kappa shape index (κ3) is 3.28. The van der Waals surface area contributed by atoms with Gasteiger partial charge in [-0.2, -0.15) is 4.98 Å². The van der Waals surface area contributed by atoms with Crippen LogP contribution in [0.5, 0.6) is 0 Å². The Balaban J connectivity index is 1.81. The van der Waals surface area contributed by atoms with Gasteiger partial charge >= 0.3 is 0 Å². The summed E-state index contributed by atoms with van der Waals surface area (Å²) in [6, 6.07) is 0.522. The molecule has 3 N–H and O–H groups in total. The number of nitrogens with one attached hydrogen (secondary N) is 1. The number of aryl methyl sites for hydroxylation is 1. The van der Waals surface area contributed by atoms with Crippen LogP contribution < -0.4 is 11.1 Å². The van der Waals surface area contributed by atoms with Crippen molar-refractivity contribution in [1.82, 2.24) is 15.5 Å². The van der Waals surface area contributed by atoms with Crippen LogP contribution in [-0.4, -0.2) is 29.3 Å². The molecule has 5 heteroatoms. The minimum Gasteiger partial charge on any atom is -0.339 e. The van der Waals surface area contributed by atoms with Crippen LogP contribution >= 0.6 is 0 Å². The van der Waals surface area contributed by atoms with E-state index in [1.165, 1.54) is 19.3 Å². The fraction of sp³-hybridized carbons (Fsp3) is 0.818. The fourth-order valence-electron chi connectivity index (χ4n) is 2.05. The first-order valence-electron chi connectivity index (χ1n) is 6.13. The van der Waals surface area contributed by atoms with Gasteiger partial charge in [-0.05, 0) is 32.4 Å². The number of rotatable bonds is 5. The molecule has 16 heavy (non-hydrogen) atoms. The highest BCUT2D eigenvalue weighted by Gasteiger charge is 2.16. The third-order valence-electron chi connectivity index (χ3n) is 2.95. The molecule has 1 saturated heterocycles. The summed E-state index contributed by atoms with van der Waals surface area (Å²) in [5.74, 6) is 1.54. The zero-order valence-electron chi connectivity index (χ0n) is 9.61. The van der Waals surface area contributed by atoms with Crippen LogP contribution in [0, 0.1) is 0 Å². The molecule has 0 bridgehead atoms. The normalized spacial score (nSPS) is 21.2. The smallest absolute Gasteiger partial charge is 0.226 e. The van der Waals surface area contributed by atoms with Gasteiger partial charge in [0.15, 0.2) is 5.82 Å². The molecule has 2 heterocycles. The second-order valence-corrected chi connectivity index (χ2v) is 4.35. The number of aromatic nitrogens is 2. The SMILES string of the molecule is NCCCc1nc(CC2CCCCN2)no1. The van der Waals surface area contributed by atoms with Crippen LogP contribution in [0.4, 0.5) is 0 Å². The second-order valence-electron chi connectivity index (χ2n) is 4.35. The van der Waals surface area contributed by atoms with E-state index in [0.717, 1.165) is 37.5 Å². The van der Waals surface area contributed by atoms with Crippen molar-refractivity contribution in [3.63, 3.8) is 0 Å². The van der Waals surface area contributed by atoms with Crippen molar-refractivity contribution >= 4 is 0 Å². The maximum absolute atomic E-state index is 5.43. The van der Waals surface area contributed by atoms with Crippen molar-refractivity contribution in [2.45, 2.75) is 44.6 Å².